The number of benzene rings is 1. The number of anilines is 1. The first-order chi connectivity index (χ1) is 10.3. The molecule has 1 saturated heterocycles. The summed E-state index contributed by atoms with van der Waals surface area (Å²) in [6.07, 6.45) is -0.0833. The number of nitrogens with zero attached hydrogens (tertiary/aromatic N) is 2. The van der Waals surface area contributed by atoms with Crippen molar-refractivity contribution in [2.24, 2.45) is 11.7 Å². The Kier molecular flexibility index (Phi) is 4.39. The van der Waals surface area contributed by atoms with Gasteiger partial charge in [0.2, 0.25) is 17.7 Å². The summed E-state index contributed by atoms with van der Waals surface area (Å²) in [6, 6.07) is 2.76. The van der Waals surface area contributed by atoms with E-state index in [0.717, 1.165) is 21.9 Å². The van der Waals surface area contributed by atoms with Crippen LogP contribution < -0.4 is 10.6 Å². The van der Waals surface area contributed by atoms with Gasteiger partial charge >= 0.3 is 0 Å². The van der Waals surface area contributed by atoms with Gasteiger partial charge in [-0.15, -0.1) is 0 Å². The van der Waals surface area contributed by atoms with Crippen molar-refractivity contribution in [3.63, 3.8) is 0 Å². The number of hydrogen-bond donors (Lipinski definition) is 1. The summed E-state index contributed by atoms with van der Waals surface area (Å²) in [5.74, 6) is -3.76. The molecule has 1 aromatic carbocycles. The van der Waals surface area contributed by atoms with E-state index >= 15 is 0 Å². The molecule has 8 heteroatoms. The highest BCUT2D eigenvalue weighted by Crippen LogP contribution is 2.27. The van der Waals surface area contributed by atoms with Crippen LogP contribution in [-0.4, -0.2) is 42.8 Å². The van der Waals surface area contributed by atoms with Gasteiger partial charge < -0.3 is 15.5 Å². The van der Waals surface area contributed by atoms with E-state index < -0.39 is 35.3 Å². The van der Waals surface area contributed by atoms with Crippen molar-refractivity contribution in [2.45, 2.75) is 6.42 Å². The summed E-state index contributed by atoms with van der Waals surface area (Å²) < 4.78 is 26.5. The molecule has 0 spiro atoms. The summed E-state index contributed by atoms with van der Waals surface area (Å²) in [7, 11) is 1.40. The number of rotatable bonds is 4. The molecule has 1 aliphatic heterocycles. The van der Waals surface area contributed by atoms with Crippen molar-refractivity contribution < 1.29 is 23.2 Å². The molecule has 0 aromatic heterocycles. The van der Waals surface area contributed by atoms with Crippen molar-refractivity contribution in [1.82, 2.24) is 4.90 Å². The van der Waals surface area contributed by atoms with Gasteiger partial charge in [0.05, 0.1) is 12.5 Å². The standard InChI is InChI=1S/C14H15F2N3O3/c1-18(7-12(17)20)14(22)8-2-13(21)19(6-8)11-4-9(15)3-10(16)5-11/h3-5,8H,2,6-7H2,1H3,(H2,17,20). The minimum Gasteiger partial charge on any atom is -0.368 e. The van der Waals surface area contributed by atoms with Crippen LogP contribution in [0.2, 0.25) is 0 Å². The smallest absolute Gasteiger partial charge is 0.237 e. The molecule has 0 aliphatic carbocycles. The molecule has 22 heavy (non-hydrogen) atoms. The van der Waals surface area contributed by atoms with Gasteiger partial charge in [0.15, 0.2) is 0 Å². The van der Waals surface area contributed by atoms with Crippen LogP contribution in [0.15, 0.2) is 18.2 Å². The van der Waals surface area contributed by atoms with Crippen LogP contribution in [0.1, 0.15) is 6.42 Å². The Morgan fingerprint density at radius 3 is 2.45 bits per heavy atom. The molecule has 1 aromatic rings. The average molecular weight is 311 g/mol. The van der Waals surface area contributed by atoms with Crippen molar-refractivity contribution in [2.75, 3.05) is 25.0 Å². The molecule has 2 N–H and O–H groups in total. The minimum absolute atomic E-state index is 0.00363. The maximum atomic E-state index is 13.2. The zero-order valence-electron chi connectivity index (χ0n) is 11.9. The van der Waals surface area contributed by atoms with E-state index in [1.807, 2.05) is 0 Å². The van der Waals surface area contributed by atoms with Crippen LogP contribution in [0.3, 0.4) is 0 Å². The Morgan fingerprint density at radius 1 is 1.32 bits per heavy atom. The number of carbonyl (C=O) groups excluding carboxylic acids is 3. The minimum atomic E-state index is -0.802. The fourth-order valence-corrected chi connectivity index (χ4v) is 2.44. The fourth-order valence-electron chi connectivity index (χ4n) is 2.44. The van der Waals surface area contributed by atoms with E-state index in [1.165, 1.54) is 7.05 Å². The van der Waals surface area contributed by atoms with Gasteiger partial charge in [-0.1, -0.05) is 0 Å². The molecule has 0 bridgehead atoms. The Labute approximate surface area is 125 Å². The highest BCUT2D eigenvalue weighted by molar-refractivity contribution is 6.00. The van der Waals surface area contributed by atoms with Crippen LogP contribution in [0.25, 0.3) is 0 Å². The lowest BCUT2D eigenvalue weighted by molar-refractivity contribution is -0.137. The zero-order valence-corrected chi connectivity index (χ0v) is 11.9. The van der Waals surface area contributed by atoms with Gasteiger partial charge in [0, 0.05) is 31.8 Å². The van der Waals surface area contributed by atoms with Crippen molar-refractivity contribution in [3.8, 4) is 0 Å². The van der Waals surface area contributed by atoms with E-state index in [1.54, 1.807) is 0 Å². The molecule has 1 aliphatic rings. The third-order valence-electron chi connectivity index (χ3n) is 3.40. The molecule has 0 radical (unpaired) electrons. The number of hydrogen-bond acceptors (Lipinski definition) is 3. The van der Waals surface area contributed by atoms with Gasteiger partial charge in [-0.25, -0.2) is 8.78 Å². The van der Waals surface area contributed by atoms with Crippen molar-refractivity contribution >= 4 is 23.4 Å². The summed E-state index contributed by atoms with van der Waals surface area (Å²) in [6.45, 7) is -0.248. The lowest BCUT2D eigenvalue weighted by Crippen LogP contribution is -2.39. The first kappa shape index (κ1) is 15.9. The molecule has 1 atom stereocenters. The van der Waals surface area contributed by atoms with Gasteiger partial charge in [-0.2, -0.15) is 0 Å². The summed E-state index contributed by atoms with van der Waals surface area (Å²) in [5, 5.41) is 0. The Bertz CT molecular complexity index is 616. The molecule has 118 valence electrons. The highest BCUT2D eigenvalue weighted by Gasteiger charge is 2.36. The van der Waals surface area contributed by atoms with Gasteiger partial charge in [0.1, 0.15) is 11.6 Å². The third kappa shape index (κ3) is 3.38. The SMILES string of the molecule is CN(CC(N)=O)C(=O)C1CC(=O)N(c2cc(F)cc(F)c2)C1. The molecule has 1 fully saturated rings. The molecule has 3 amide bonds. The van der Waals surface area contributed by atoms with E-state index in [9.17, 15) is 23.2 Å². The number of primary amides is 1. The highest BCUT2D eigenvalue weighted by atomic mass is 19.1. The number of carbonyl (C=O) groups is 3. The van der Waals surface area contributed by atoms with E-state index in [4.69, 9.17) is 5.73 Å². The first-order valence-corrected chi connectivity index (χ1v) is 6.57. The van der Waals surface area contributed by atoms with Crippen molar-refractivity contribution in [1.29, 1.82) is 0 Å². The normalized spacial score (nSPS) is 17.7. The second kappa shape index (κ2) is 6.08. The first-order valence-electron chi connectivity index (χ1n) is 6.57. The summed E-state index contributed by atoms with van der Waals surface area (Å²) >= 11 is 0. The lowest BCUT2D eigenvalue weighted by atomic mass is 10.1. The van der Waals surface area contributed by atoms with E-state index in [0.29, 0.717) is 6.07 Å². The van der Waals surface area contributed by atoms with Crippen LogP contribution >= 0.6 is 0 Å². The molecule has 6 nitrogen and oxygen atoms in total. The average Bonchev–Trinajstić information content (AvgIpc) is 2.78. The van der Waals surface area contributed by atoms with Gasteiger partial charge in [-0.3, -0.25) is 14.4 Å². The Hall–Kier alpha value is -2.51. The molecule has 1 heterocycles. The van der Waals surface area contributed by atoms with Crippen molar-refractivity contribution in [3.05, 3.63) is 29.8 Å². The number of nitrogens with two attached hydrogens (primary N) is 1. The van der Waals surface area contributed by atoms with Crippen LogP contribution in [0, 0.1) is 17.6 Å². The second-order valence-electron chi connectivity index (χ2n) is 5.19. The van der Waals surface area contributed by atoms with Crippen LogP contribution in [-0.2, 0) is 14.4 Å². The monoisotopic (exact) mass is 311 g/mol. The zero-order chi connectivity index (χ0) is 16.4. The molecule has 1 unspecified atom stereocenters. The van der Waals surface area contributed by atoms with E-state index in [-0.39, 0.29) is 25.2 Å². The topological polar surface area (TPSA) is 83.7 Å². The number of halogens is 2. The van der Waals surface area contributed by atoms with Gasteiger partial charge in [0.25, 0.3) is 0 Å². The van der Waals surface area contributed by atoms with Crippen LogP contribution in [0.5, 0.6) is 0 Å². The maximum Gasteiger partial charge on any atom is 0.237 e. The molecular formula is C14H15F2N3O3. The molecular weight excluding hydrogens is 296 g/mol. The number of amides is 3. The molecule has 2 rings (SSSR count). The van der Waals surface area contributed by atoms with Crippen LogP contribution in [0.4, 0.5) is 14.5 Å². The Balaban J connectivity index is 2.13. The molecule has 0 saturated carbocycles. The number of likely N-dealkylation sites (N-methyl/N-ethyl adjacent to an activating group) is 1. The third-order valence-corrected chi connectivity index (χ3v) is 3.40. The summed E-state index contributed by atoms with van der Waals surface area (Å²) in [5.41, 5.74) is 5.08. The maximum absolute atomic E-state index is 13.2. The Morgan fingerprint density at radius 2 is 1.91 bits per heavy atom. The largest absolute Gasteiger partial charge is 0.368 e. The fraction of sp³-hybridized carbons (Fsp3) is 0.357. The predicted molar refractivity (Wildman–Crippen MR) is 73.6 cm³/mol. The lowest BCUT2D eigenvalue weighted by Gasteiger charge is -2.20. The van der Waals surface area contributed by atoms with E-state index in [2.05, 4.69) is 0 Å². The van der Waals surface area contributed by atoms with Gasteiger partial charge in [-0.05, 0) is 12.1 Å². The summed E-state index contributed by atoms with van der Waals surface area (Å²) in [4.78, 5) is 37.2. The quantitative estimate of drug-likeness (QED) is 0.866. The second-order valence-corrected chi connectivity index (χ2v) is 5.19. The predicted octanol–water partition coefficient (Wildman–Crippen LogP) is 0.261.